The SMILES string of the molecule is C=CC(=O)N(CCNC(C)=O)CCC(C)=O. The Hall–Kier alpha value is -1.65. The van der Waals surface area contributed by atoms with Crippen molar-refractivity contribution in [3.05, 3.63) is 12.7 Å². The second kappa shape index (κ2) is 7.62. The Balaban J connectivity index is 4.10. The third kappa shape index (κ3) is 6.75. The Labute approximate surface area is 95.5 Å². The van der Waals surface area contributed by atoms with Crippen LogP contribution in [0.4, 0.5) is 0 Å². The average Bonchev–Trinajstić information content (AvgIpc) is 2.21. The maximum Gasteiger partial charge on any atom is 0.246 e. The van der Waals surface area contributed by atoms with Crippen LogP contribution in [0.25, 0.3) is 0 Å². The molecular weight excluding hydrogens is 208 g/mol. The summed E-state index contributed by atoms with van der Waals surface area (Å²) < 4.78 is 0. The number of amides is 2. The maximum atomic E-state index is 11.4. The van der Waals surface area contributed by atoms with Crippen LogP contribution in [0.3, 0.4) is 0 Å². The Bertz CT molecular complexity index is 287. The van der Waals surface area contributed by atoms with E-state index in [-0.39, 0.29) is 17.6 Å². The van der Waals surface area contributed by atoms with Gasteiger partial charge in [0, 0.05) is 33.0 Å². The van der Waals surface area contributed by atoms with Crippen molar-refractivity contribution >= 4 is 17.6 Å². The molecule has 0 aromatic carbocycles. The average molecular weight is 226 g/mol. The minimum absolute atomic E-state index is 0.0291. The summed E-state index contributed by atoms with van der Waals surface area (Å²) in [5, 5.41) is 2.59. The molecule has 0 atom stereocenters. The fourth-order valence-corrected chi connectivity index (χ4v) is 1.12. The van der Waals surface area contributed by atoms with Gasteiger partial charge in [-0.05, 0) is 13.0 Å². The summed E-state index contributed by atoms with van der Waals surface area (Å²) >= 11 is 0. The zero-order valence-electron chi connectivity index (χ0n) is 9.78. The van der Waals surface area contributed by atoms with E-state index >= 15 is 0 Å². The van der Waals surface area contributed by atoms with Crippen LogP contribution in [0.5, 0.6) is 0 Å². The number of carbonyl (C=O) groups is 3. The number of hydrogen-bond donors (Lipinski definition) is 1. The maximum absolute atomic E-state index is 11.4. The van der Waals surface area contributed by atoms with Crippen molar-refractivity contribution in [2.24, 2.45) is 0 Å². The van der Waals surface area contributed by atoms with Gasteiger partial charge in [0.1, 0.15) is 5.78 Å². The van der Waals surface area contributed by atoms with Gasteiger partial charge in [-0.1, -0.05) is 6.58 Å². The molecule has 0 saturated carbocycles. The van der Waals surface area contributed by atoms with E-state index in [1.807, 2.05) is 0 Å². The van der Waals surface area contributed by atoms with Crippen LogP contribution in [0.2, 0.25) is 0 Å². The summed E-state index contributed by atoms with van der Waals surface area (Å²) in [5.74, 6) is -0.342. The molecule has 0 rings (SSSR count). The van der Waals surface area contributed by atoms with E-state index in [2.05, 4.69) is 11.9 Å². The fraction of sp³-hybridized carbons (Fsp3) is 0.545. The molecule has 0 heterocycles. The van der Waals surface area contributed by atoms with Crippen LogP contribution in [0, 0.1) is 0 Å². The minimum atomic E-state index is -0.230. The Kier molecular flexibility index (Phi) is 6.83. The molecule has 0 saturated heterocycles. The van der Waals surface area contributed by atoms with Crippen LogP contribution < -0.4 is 5.32 Å². The molecule has 5 heteroatoms. The number of carbonyl (C=O) groups excluding carboxylic acids is 3. The second-order valence-electron chi connectivity index (χ2n) is 3.46. The molecule has 1 N–H and O–H groups in total. The smallest absolute Gasteiger partial charge is 0.246 e. The first-order chi connectivity index (χ1) is 7.47. The number of rotatable bonds is 7. The largest absolute Gasteiger partial charge is 0.355 e. The molecule has 0 fully saturated rings. The van der Waals surface area contributed by atoms with Crippen molar-refractivity contribution in [2.75, 3.05) is 19.6 Å². The summed E-state index contributed by atoms with van der Waals surface area (Å²) in [6, 6.07) is 0. The summed E-state index contributed by atoms with van der Waals surface area (Å²) in [6.07, 6.45) is 1.52. The van der Waals surface area contributed by atoms with Gasteiger partial charge in [-0.25, -0.2) is 0 Å². The summed E-state index contributed by atoms with van der Waals surface area (Å²) in [6.45, 7) is 7.41. The highest BCUT2D eigenvalue weighted by Gasteiger charge is 2.10. The first-order valence-electron chi connectivity index (χ1n) is 5.12. The topological polar surface area (TPSA) is 66.5 Å². The van der Waals surface area contributed by atoms with E-state index in [9.17, 15) is 14.4 Å². The molecule has 90 valence electrons. The third-order valence-corrected chi connectivity index (χ3v) is 1.98. The van der Waals surface area contributed by atoms with Crippen molar-refractivity contribution < 1.29 is 14.4 Å². The minimum Gasteiger partial charge on any atom is -0.355 e. The van der Waals surface area contributed by atoms with Gasteiger partial charge in [-0.15, -0.1) is 0 Å². The highest BCUT2D eigenvalue weighted by atomic mass is 16.2. The predicted octanol–water partition coefficient (Wildman–Crippen LogP) is 0.116. The van der Waals surface area contributed by atoms with Crippen molar-refractivity contribution in [2.45, 2.75) is 20.3 Å². The molecule has 16 heavy (non-hydrogen) atoms. The quantitative estimate of drug-likeness (QED) is 0.627. The van der Waals surface area contributed by atoms with Gasteiger partial charge in [-0.3, -0.25) is 14.4 Å². The van der Waals surface area contributed by atoms with Crippen LogP contribution in [0.15, 0.2) is 12.7 Å². The summed E-state index contributed by atoms with van der Waals surface area (Å²) in [5.41, 5.74) is 0. The van der Waals surface area contributed by atoms with Crippen LogP contribution in [-0.2, 0) is 14.4 Å². The molecule has 0 aliphatic rings. The van der Waals surface area contributed by atoms with Gasteiger partial charge in [0.15, 0.2) is 0 Å². The van der Waals surface area contributed by atoms with E-state index in [4.69, 9.17) is 0 Å². The van der Waals surface area contributed by atoms with Crippen molar-refractivity contribution in [3.8, 4) is 0 Å². The molecule has 0 aliphatic carbocycles. The van der Waals surface area contributed by atoms with Gasteiger partial charge < -0.3 is 10.2 Å². The van der Waals surface area contributed by atoms with E-state index in [0.717, 1.165) is 0 Å². The van der Waals surface area contributed by atoms with Crippen molar-refractivity contribution in [3.63, 3.8) is 0 Å². The van der Waals surface area contributed by atoms with E-state index < -0.39 is 0 Å². The van der Waals surface area contributed by atoms with Gasteiger partial charge in [-0.2, -0.15) is 0 Å². The summed E-state index contributed by atoms with van der Waals surface area (Å²) in [4.78, 5) is 34.3. The number of hydrogen-bond acceptors (Lipinski definition) is 3. The first kappa shape index (κ1) is 14.3. The van der Waals surface area contributed by atoms with Crippen molar-refractivity contribution in [1.82, 2.24) is 10.2 Å². The standard InChI is InChI=1S/C11H18N2O3/c1-4-11(16)13(7-5-9(2)14)8-6-12-10(3)15/h4H,1,5-8H2,2-3H3,(H,12,15). The van der Waals surface area contributed by atoms with E-state index in [0.29, 0.717) is 26.1 Å². The van der Waals surface area contributed by atoms with Crippen LogP contribution in [-0.4, -0.2) is 42.1 Å². The van der Waals surface area contributed by atoms with Crippen LogP contribution in [0.1, 0.15) is 20.3 Å². The molecule has 0 aromatic heterocycles. The molecule has 0 bridgehead atoms. The lowest BCUT2D eigenvalue weighted by Crippen LogP contribution is -2.38. The number of Topliss-reactive ketones (excluding diaryl/α,β-unsaturated/α-hetero) is 1. The first-order valence-corrected chi connectivity index (χ1v) is 5.12. The zero-order chi connectivity index (χ0) is 12.6. The lowest BCUT2D eigenvalue weighted by Gasteiger charge is -2.20. The monoisotopic (exact) mass is 226 g/mol. The molecular formula is C11H18N2O3. The lowest BCUT2D eigenvalue weighted by molar-refractivity contribution is -0.127. The lowest BCUT2D eigenvalue weighted by atomic mass is 10.3. The van der Waals surface area contributed by atoms with Gasteiger partial charge in [0.25, 0.3) is 0 Å². The second-order valence-corrected chi connectivity index (χ2v) is 3.46. The Morgan fingerprint density at radius 3 is 2.31 bits per heavy atom. The fourth-order valence-electron chi connectivity index (χ4n) is 1.12. The predicted molar refractivity (Wildman–Crippen MR) is 60.8 cm³/mol. The van der Waals surface area contributed by atoms with Gasteiger partial charge in [0.05, 0.1) is 0 Å². The Morgan fingerprint density at radius 2 is 1.88 bits per heavy atom. The summed E-state index contributed by atoms with van der Waals surface area (Å²) in [7, 11) is 0. The number of ketones is 1. The molecule has 2 amide bonds. The molecule has 5 nitrogen and oxygen atoms in total. The third-order valence-electron chi connectivity index (χ3n) is 1.98. The number of nitrogens with zero attached hydrogens (tertiary/aromatic N) is 1. The van der Waals surface area contributed by atoms with Crippen molar-refractivity contribution in [1.29, 1.82) is 0 Å². The molecule has 0 aromatic rings. The molecule has 0 aliphatic heterocycles. The molecule has 0 spiro atoms. The highest BCUT2D eigenvalue weighted by Crippen LogP contribution is 1.94. The van der Waals surface area contributed by atoms with Crippen LogP contribution >= 0.6 is 0 Å². The van der Waals surface area contributed by atoms with Gasteiger partial charge >= 0.3 is 0 Å². The van der Waals surface area contributed by atoms with E-state index in [1.165, 1.54) is 24.8 Å². The van der Waals surface area contributed by atoms with E-state index in [1.54, 1.807) is 0 Å². The number of nitrogens with one attached hydrogen (secondary N) is 1. The normalized spacial score (nSPS) is 9.38. The Morgan fingerprint density at radius 1 is 1.25 bits per heavy atom. The zero-order valence-corrected chi connectivity index (χ0v) is 9.78. The molecule has 0 unspecified atom stereocenters. The molecule has 0 radical (unpaired) electrons. The highest BCUT2D eigenvalue weighted by molar-refractivity contribution is 5.87. The van der Waals surface area contributed by atoms with Gasteiger partial charge in [0.2, 0.25) is 11.8 Å².